The minimum Gasteiger partial charge on any atom is -0.478 e. The van der Waals surface area contributed by atoms with Gasteiger partial charge < -0.3 is 9.84 Å². The summed E-state index contributed by atoms with van der Waals surface area (Å²) in [6, 6.07) is 4.00. The highest BCUT2D eigenvalue weighted by Gasteiger charge is 2.20. The molecule has 0 aliphatic rings. The molecule has 0 heterocycles. The minimum atomic E-state index is -1.17. The van der Waals surface area contributed by atoms with Gasteiger partial charge in [0.15, 0.2) is 0 Å². The first kappa shape index (κ1) is 12.1. The van der Waals surface area contributed by atoms with Gasteiger partial charge in [-0.05, 0) is 6.07 Å². The van der Waals surface area contributed by atoms with Crippen molar-refractivity contribution in [2.45, 2.75) is 6.42 Å². The fourth-order valence-electron chi connectivity index (χ4n) is 1.41. The lowest BCUT2D eigenvalue weighted by Crippen LogP contribution is -2.08. The zero-order valence-electron chi connectivity index (χ0n) is 8.67. The van der Waals surface area contributed by atoms with E-state index in [0.29, 0.717) is 0 Å². The molecule has 16 heavy (non-hydrogen) atoms. The number of benzene rings is 1. The molecule has 0 saturated heterocycles. The van der Waals surface area contributed by atoms with Crippen LogP contribution in [0.1, 0.15) is 15.9 Å². The summed E-state index contributed by atoms with van der Waals surface area (Å²) < 4.78 is 4.80. The van der Waals surface area contributed by atoms with Crippen molar-refractivity contribution in [3.05, 3.63) is 39.4 Å². The van der Waals surface area contributed by atoms with E-state index >= 15 is 0 Å². The normalized spacial score (nSPS) is 10.1. The Balaban J connectivity index is 3.23. The van der Waals surface area contributed by atoms with Gasteiger partial charge in [-0.1, -0.05) is 6.07 Å². The molecule has 6 nitrogen and oxygen atoms in total. The Kier molecular flexibility index (Phi) is 3.96. The highest BCUT2D eigenvalue weighted by Crippen LogP contribution is 2.23. The van der Waals surface area contributed by atoms with Gasteiger partial charge in [-0.15, -0.1) is 0 Å². The largest absolute Gasteiger partial charge is 0.478 e. The fraction of sp³-hybridized carbons (Fsp3) is 0.300. The Labute approximate surface area is 91.6 Å². The molecular weight excluding hydrogens is 214 g/mol. The molecule has 0 aliphatic carbocycles. The summed E-state index contributed by atoms with van der Waals surface area (Å²) in [5, 5.41) is 19.6. The minimum absolute atomic E-state index is 0.0498. The Morgan fingerprint density at radius 3 is 2.75 bits per heavy atom. The van der Waals surface area contributed by atoms with Crippen LogP contribution in [0, 0.1) is 10.1 Å². The van der Waals surface area contributed by atoms with E-state index in [9.17, 15) is 14.9 Å². The number of carbonyl (C=O) groups is 1. The third-order valence-electron chi connectivity index (χ3n) is 2.13. The first-order valence-electron chi connectivity index (χ1n) is 4.56. The molecule has 0 atom stereocenters. The molecule has 0 unspecified atom stereocenters. The number of nitrogens with zero attached hydrogens (tertiary/aromatic N) is 1. The molecule has 0 radical (unpaired) electrons. The van der Waals surface area contributed by atoms with Crippen LogP contribution in [0.5, 0.6) is 0 Å². The molecule has 0 fully saturated rings. The third-order valence-corrected chi connectivity index (χ3v) is 2.13. The first-order valence-corrected chi connectivity index (χ1v) is 4.56. The number of ether oxygens (including phenoxy) is 1. The molecule has 1 rings (SSSR count). The predicted octanol–water partition coefficient (Wildman–Crippen LogP) is 1.48. The molecule has 0 bridgehead atoms. The third kappa shape index (κ3) is 2.54. The second-order valence-corrected chi connectivity index (χ2v) is 3.11. The summed E-state index contributed by atoms with van der Waals surface area (Å²) in [4.78, 5) is 21.0. The van der Waals surface area contributed by atoms with Crippen molar-refractivity contribution in [2.75, 3.05) is 13.7 Å². The van der Waals surface area contributed by atoms with E-state index in [1.807, 2.05) is 0 Å². The van der Waals surface area contributed by atoms with Gasteiger partial charge in [-0.25, -0.2) is 4.79 Å². The molecule has 0 saturated carbocycles. The maximum Gasteiger partial charge on any atom is 0.336 e. The van der Waals surface area contributed by atoms with E-state index in [0.717, 1.165) is 0 Å². The summed E-state index contributed by atoms with van der Waals surface area (Å²) in [7, 11) is 1.45. The van der Waals surface area contributed by atoms with Gasteiger partial charge >= 0.3 is 5.97 Å². The van der Waals surface area contributed by atoms with Crippen LogP contribution in [0.25, 0.3) is 0 Å². The summed E-state index contributed by atoms with van der Waals surface area (Å²) in [5.74, 6) is -1.17. The lowest BCUT2D eigenvalue weighted by atomic mass is 10.0. The molecule has 1 aromatic rings. The molecule has 0 spiro atoms. The summed E-state index contributed by atoms with van der Waals surface area (Å²) in [6.45, 7) is 0.241. The molecule has 1 aromatic carbocycles. The van der Waals surface area contributed by atoms with Crippen molar-refractivity contribution in [2.24, 2.45) is 0 Å². The SMILES string of the molecule is COCCc1c(C(=O)O)cccc1[N+](=O)[O-]. The van der Waals surface area contributed by atoms with Crippen LogP contribution in [0.3, 0.4) is 0 Å². The van der Waals surface area contributed by atoms with Gasteiger partial charge in [0.2, 0.25) is 0 Å². The Morgan fingerprint density at radius 1 is 1.56 bits per heavy atom. The van der Waals surface area contributed by atoms with Crippen molar-refractivity contribution < 1.29 is 19.6 Å². The first-order chi connectivity index (χ1) is 7.57. The van der Waals surface area contributed by atoms with Gasteiger partial charge in [0, 0.05) is 25.2 Å². The van der Waals surface area contributed by atoms with Gasteiger partial charge in [0.25, 0.3) is 5.69 Å². The monoisotopic (exact) mass is 225 g/mol. The quantitative estimate of drug-likeness (QED) is 0.605. The van der Waals surface area contributed by atoms with Crippen molar-refractivity contribution >= 4 is 11.7 Å². The van der Waals surface area contributed by atoms with Crippen LogP contribution in [0.2, 0.25) is 0 Å². The van der Waals surface area contributed by atoms with Crippen LogP contribution in [0.15, 0.2) is 18.2 Å². The predicted molar refractivity (Wildman–Crippen MR) is 55.6 cm³/mol. The Bertz CT molecular complexity index is 383. The van der Waals surface area contributed by atoms with Gasteiger partial charge in [0.05, 0.1) is 17.1 Å². The number of carboxylic acids is 1. The molecule has 0 aliphatic heterocycles. The zero-order valence-corrected chi connectivity index (χ0v) is 8.67. The van der Waals surface area contributed by atoms with E-state index in [-0.39, 0.29) is 29.8 Å². The van der Waals surface area contributed by atoms with Gasteiger partial charge in [-0.2, -0.15) is 0 Å². The maximum atomic E-state index is 10.9. The molecular formula is C10H11NO5. The average Bonchev–Trinajstić information content (AvgIpc) is 2.25. The molecule has 0 aromatic heterocycles. The molecule has 0 amide bonds. The maximum absolute atomic E-state index is 10.9. The standard InChI is InChI=1S/C10H11NO5/c1-16-6-5-7-8(10(12)13)3-2-4-9(7)11(14)15/h2-4H,5-6H2,1H3,(H,12,13). The lowest BCUT2D eigenvalue weighted by Gasteiger charge is -2.05. The molecule has 6 heteroatoms. The van der Waals surface area contributed by atoms with Crippen LogP contribution >= 0.6 is 0 Å². The Morgan fingerprint density at radius 2 is 2.25 bits per heavy atom. The number of nitro groups is 1. The summed E-state index contributed by atoms with van der Waals surface area (Å²) in [5.41, 5.74) is -0.0370. The highest BCUT2D eigenvalue weighted by molar-refractivity contribution is 5.90. The lowest BCUT2D eigenvalue weighted by molar-refractivity contribution is -0.385. The smallest absolute Gasteiger partial charge is 0.336 e. The van der Waals surface area contributed by atoms with Crippen LogP contribution in [-0.2, 0) is 11.2 Å². The average molecular weight is 225 g/mol. The number of hydrogen-bond acceptors (Lipinski definition) is 4. The van der Waals surface area contributed by atoms with Crippen molar-refractivity contribution in [3.63, 3.8) is 0 Å². The van der Waals surface area contributed by atoms with E-state index < -0.39 is 10.9 Å². The van der Waals surface area contributed by atoms with E-state index in [1.165, 1.54) is 25.3 Å². The van der Waals surface area contributed by atoms with Crippen LogP contribution in [0.4, 0.5) is 5.69 Å². The number of carboxylic acid groups (broad SMARTS) is 1. The fourth-order valence-corrected chi connectivity index (χ4v) is 1.41. The molecule has 86 valence electrons. The zero-order chi connectivity index (χ0) is 12.1. The second kappa shape index (κ2) is 5.22. The summed E-state index contributed by atoms with van der Waals surface area (Å²) >= 11 is 0. The van der Waals surface area contributed by atoms with Crippen molar-refractivity contribution in [1.82, 2.24) is 0 Å². The van der Waals surface area contributed by atoms with Crippen molar-refractivity contribution in [1.29, 1.82) is 0 Å². The number of rotatable bonds is 5. The van der Waals surface area contributed by atoms with E-state index in [1.54, 1.807) is 0 Å². The Hall–Kier alpha value is -1.95. The topological polar surface area (TPSA) is 89.7 Å². The number of methoxy groups -OCH3 is 1. The van der Waals surface area contributed by atoms with Gasteiger partial charge in [0.1, 0.15) is 0 Å². The number of nitro benzene ring substituents is 1. The van der Waals surface area contributed by atoms with Crippen LogP contribution in [-0.4, -0.2) is 29.7 Å². The second-order valence-electron chi connectivity index (χ2n) is 3.11. The molecule has 1 N–H and O–H groups in total. The number of hydrogen-bond donors (Lipinski definition) is 1. The van der Waals surface area contributed by atoms with Crippen LogP contribution < -0.4 is 0 Å². The van der Waals surface area contributed by atoms with Crippen molar-refractivity contribution in [3.8, 4) is 0 Å². The van der Waals surface area contributed by atoms with Gasteiger partial charge in [-0.3, -0.25) is 10.1 Å². The van der Waals surface area contributed by atoms with E-state index in [2.05, 4.69) is 0 Å². The highest BCUT2D eigenvalue weighted by atomic mass is 16.6. The van der Waals surface area contributed by atoms with E-state index in [4.69, 9.17) is 9.84 Å². The summed E-state index contributed by atoms with van der Waals surface area (Å²) in [6.07, 6.45) is 0.204. The number of aromatic carboxylic acids is 1.